The third-order valence-corrected chi connectivity index (χ3v) is 2.53. The molecule has 1 aliphatic heterocycles. The third kappa shape index (κ3) is 5.14. The molecule has 1 amide bonds. The molecule has 0 spiro atoms. The largest absolute Gasteiger partial charge is 0.467 e. The zero-order valence-electron chi connectivity index (χ0n) is 10.2. The summed E-state index contributed by atoms with van der Waals surface area (Å²) in [6, 6.07) is -0.736. The quantitative estimate of drug-likeness (QED) is 0.651. The van der Waals surface area contributed by atoms with Crippen LogP contribution < -0.4 is 5.32 Å². The highest BCUT2D eigenvalue weighted by atomic mass is 16.5. The summed E-state index contributed by atoms with van der Waals surface area (Å²) in [4.78, 5) is 22.2. The molecule has 1 rings (SSSR count). The van der Waals surface area contributed by atoms with Gasteiger partial charge < -0.3 is 19.5 Å². The molecule has 0 aromatic heterocycles. The zero-order chi connectivity index (χ0) is 12.7. The molecule has 1 saturated heterocycles. The van der Waals surface area contributed by atoms with Gasteiger partial charge in [0.2, 0.25) is 5.91 Å². The smallest absolute Gasteiger partial charge is 0.330 e. The van der Waals surface area contributed by atoms with E-state index in [0.717, 1.165) is 13.0 Å². The molecule has 6 heteroatoms. The maximum absolute atomic E-state index is 11.3. The van der Waals surface area contributed by atoms with E-state index >= 15 is 0 Å². The Morgan fingerprint density at radius 3 is 2.82 bits per heavy atom. The molecule has 0 aromatic rings. The molecule has 2 unspecified atom stereocenters. The molecule has 0 aliphatic carbocycles. The third-order valence-electron chi connectivity index (χ3n) is 2.53. The lowest BCUT2D eigenvalue weighted by atomic mass is 10.1. The maximum atomic E-state index is 11.3. The van der Waals surface area contributed by atoms with Crippen molar-refractivity contribution < 1.29 is 23.8 Å². The summed E-state index contributed by atoms with van der Waals surface area (Å²) in [6.45, 7) is 3.47. The van der Waals surface area contributed by atoms with E-state index in [-0.39, 0.29) is 12.5 Å². The van der Waals surface area contributed by atoms with E-state index < -0.39 is 12.0 Å². The second kappa shape index (κ2) is 7.24. The molecule has 17 heavy (non-hydrogen) atoms. The first-order valence-corrected chi connectivity index (χ1v) is 5.64. The number of carbonyl (C=O) groups is 2. The number of hydrogen-bond acceptors (Lipinski definition) is 5. The van der Waals surface area contributed by atoms with Crippen LogP contribution in [0.3, 0.4) is 0 Å². The van der Waals surface area contributed by atoms with Gasteiger partial charge in [0.05, 0.1) is 26.9 Å². The molecule has 0 saturated carbocycles. The Morgan fingerprint density at radius 1 is 1.53 bits per heavy atom. The van der Waals surface area contributed by atoms with E-state index in [4.69, 9.17) is 9.47 Å². The molecule has 1 heterocycles. The number of carbonyl (C=O) groups excluding carboxylic acids is 2. The number of methoxy groups -OCH3 is 1. The minimum Gasteiger partial charge on any atom is -0.467 e. The Labute approximate surface area is 101 Å². The van der Waals surface area contributed by atoms with Crippen LogP contribution in [0.25, 0.3) is 0 Å². The zero-order valence-corrected chi connectivity index (χ0v) is 10.2. The Hall–Kier alpha value is -1.14. The van der Waals surface area contributed by atoms with Gasteiger partial charge in [-0.3, -0.25) is 4.79 Å². The van der Waals surface area contributed by atoms with Crippen molar-refractivity contribution in [1.29, 1.82) is 0 Å². The standard InChI is InChI=1S/C11H19NO5/c1-8(13)12-10(11(14)15-2)7-17-6-9-3-4-16-5-9/h9-10H,3-7H2,1-2H3,(H,12,13). The fraction of sp³-hybridized carbons (Fsp3) is 0.818. The van der Waals surface area contributed by atoms with E-state index in [0.29, 0.717) is 19.1 Å². The van der Waals surface area contributed by atoms with Gasteiger partial charge in [-0.05, 0) is 6.42 Å². The van der Waals surface area contributed by atoms with Crippen LogP contribution in [0.5, 0.6) is 0 Å². The van der Waals surface area contributed by atoms with Crippen LogP contribution in [0.4, 0.5) is 0 Å². The molecular formula is C11H19NO5. The number of amides is 1. The average molecular weight is 245 g/mol. The van der Waals surface area contributed by atoms with Crippen LogP contribution in [0, 0.1) is 5.92 Å². The van der Waals surface area contributed by atoms with Gasteiger partial charge in [0.1, 0.15) is 0 Å². The molecular weight excluding hydrogens is 226 g/mol. The Kier molecular flexibility index (Phi) is 5.93. The second-order valence-electron chi connectivity index (χ2n) is 4.04. The Balaban J connectivity index is 2.27. The van der Waals surface area contributed by atoms with Crippen LogP contribution >= 0.6 is 0 Å². The molecule has 98 valence electrons. The normalized spacial score (nSPS) is 20.9. The van der Waals surface area contributed by atoms with Gasteiger partial charge in [-0.1, -0.05) is 0 Å². The molecule has 6 nitrogen and oxygen atoms in total. The van der Waals surface area contributed by atoms with Gasteiger partial charge in [0.25, 0.3) is 0 Å². The van der Waals surface area contributed by atoms with Gasteiger partial charge in [-0.15, -0.1) is 0 Å². The van der Waals surface area contributed by atoms with Crippen molar-refractivity contribution in [2.75, 3.05) is 33.5 Å². The first-order chi connectivity index (χ1) is 8.13. The Morgan fingerprint density at radius 2 is 2.29 bits per heavy atom. The molecule has 2 atom stereocenters. The molecule has 1 N–H and O–H groups in total. The highest BCUT2D eigenvalue weighted by molar-refractivity contribution is 5.83. The van der Waals surface area contributed by atoms with E-state index in [1.54, 1.807) is 0 Å². The van der Waals surface area contributed by atoms with Crippen LogP contribution in [0.2, 0.25) is 0 Å². The first kappa shape index (κ1) is 13.9. The van der Waals surface area contributed by atoms with Gasteiger partial charge in [-0.25, -0.2) is 4.79 Å². The summed E-state index contributed by atoms with van der Waals surface area (Å²) in [5, 5.41) is 2.49. The number of nitrogens with one attached hydrogen (secondary N) is 1. The van der Waals surface area contributed by atoms with Crippen molar-refractivity contribution in [3.8, 4) is 0 Å². The topological polar surface area (TPSA) is 73.9 Å². The van der Waals surface area contributed by atoms with Crippen LogP contribution in [-0.4, -0.2) is 51.5 Å². The van der Waals surface area contributed by atoms with Crippen molar-refractivity contribution in [3.05, 3.63) is 0 Å². The van der Waals surface area contributed by atoms with Crippen molar-refractivity contribution in [3.63, 3.8) is 0 Å². The number of esters is 1. The lowest BCUT2D eigenvalue weighted by Gasteiger charge is -2.16. The van der Waals surface area contributed by atoms with Crippen molar-refractivity contribution >= 4 is 11.9 Å². The summed E-state index contributed by atoms with van der Waals surface area (Å²) >= 11 is 0. The summed E-state index contributed by atoms with van der Waals surface area (Å²) in [7, 11) is 1.28. The SMILES string of the molecule is COC(=O)C(COCC1CCOC1)NC(C)=O. The van der Waals surface area contributed by atoms with Gasteiger partial charge >= 0.3 is 5.97 Å². The van der Waals surface area contributed by atoms with E-state index in [2.05, 4.69) is 10.1 Å². The molecule has 1 aliphatic rings. The minimum absolute atomic E-state index is 0.128. The molecule has 1 fully saturated rings. The summed E-state index contributed by atoms with van der Waals surface area (Å²) in [5.41, 5.74) is 0. The van der Waals surface area contributed by atoms with Gasteiger partial charge in [-0.2, -0.15) is 0 Å². The van der Waals surface area contributed by atoms with Crippen molar-refractivity contribution in [2.24, 2.45) is 5.92 Å². The predicted octanol–water partition coefficient (Wildman–Crippen LogP) is -0.283. The van der Waals surface area contributed by atoms with Crippen molar-refractivity contribution in [2.45, 2.75) is 19.4 Å². The van der Waals surface area contributed by atoms with Crippen LogP contribution in [0.1, 0.15) is 13.3 Å². The predicted molar refractivity (Wildman–Crippen MR) is 59.4 cm³/mol. The monoisotopic (exact) mass is 245 g/mol. The molecule has 0 radical (unpaired) electrons. The van der Waals surface area contributed by atoms with Crippen molar-refractivity contribution in [1.82, 2.24) is 5.32 Å². The maximum Gasteiger partial charge on any atom is 0.330 e. The average Bonchev–Trinajstić information content (AvgIpc) is 2.79. The number of rotatable bonds is 6. The van der Waals surface area contributed by atoms with Crippen LogP contribution in [-0.2, 0) is 23.8 Å². The number of ether oxygens (including phenoxy) is 3. The molecule has 0 aromatic carbocycles. The summed E-state index contributed by atoms with van der Waals surface area (Å²) in [6.07, 6.45) is 0.975. The number of hydrogen-bond donors (Lipinski definition) is 1. The van der Waals surface area contributed by atoms with E-state index in [1.807, 2.05) is 0 Å². The fourth-order valence-electron chi connectivity index (χ4n) is 1.62. The first-order valence-electron chi connectivity index (χ1n) is 5.64. The highest BCUT2D eigenvalue weighted by Gasteiger charge is 2.22. The second-order valence-corrected chi connectivity index (χ2v) is 4.04. The highest BCUT2D eigenvalue weighted by Crippen LogP contribution is 2.12. The molecule has 0 bridgehead atoms. The fourth-order valence-corrected chi connectivity index (χ4v) is 1.62. The van der Waals surface area contributed by atoms with E-state index in [1.165, 1.54) is 14.0 Å². The lowest BCUT2D eigenvalue weighted by Crippen LogP contribution is -2.44. The lowest BCUT2D eigenvalue weighted by molar-refractivity contribution is -0.146. The van der Waals surface area contributed by atoms with Gasteiger partial charge in [0.15, 0.2) is 6.04 Å². The van der Waals surface area contributed by atoms with Gasteiger partial charge in [0, 0.05) is 19.4 Å². The van der Waals surface area contributed by atoms with E-state index in [9.17, 15) is 9.59 Å². The minimum atomic E-state index is -0.736. The summed E-state index contributed by atoms with van der Waals surface area (Å²) < 4.78 is 15.2. The summed E-state index contributed by atoms with van der Waals surface area (Å²) in [5.74, 6) is -0.401. The van der Waals surface area contributed by atoms with Crippen LogP contribution in [0.15, 0.2) is 0 Å². The Bertz CT molecular complexity index is 263.